The second kappa shape index (κ2) is 5.75. The van der Waals surface area contributed by atoms with E-state index in [-0.39, 0.29) is 17.5 Å². The second-order valence-corrected chi connectivity index (χ2v) is 5.41. The van der Waals surface area contributed by atoms with Crippen molar-refractivity contribution in [3.8, 4) is 5.75 Å². The topological polar surface area (TPSA) is 55.6 Å². The molecule has 0 heterocycles. The number of carbonyl (C=O) groups excluding carboxylic acids is 1. The molecule has 0 unspecified atom stereocenters. The molecule has 1 aliphatic rings. The number of hydrogen-bond acceptors (Lipinski definition) is 3. The normalized spacial score (nSPS) is 14.0. The van der Waals surface area contributed by atoms with E-state index in [1.54, 1.807) is 30.1 Å². The maximum absolute atomic E-state index is 11.9. The van der Waals surface area contributed by atoms with Crippen LogP contribution in [-0.2, 0) is 4.79 Å². The Bertz CT molecular complexity index is 517. The maximum Gasteiger partial charge on any atom is 0.260 e. The molecular weight excluding hydrogens is 284 g/mol. The monoisotopic (exact) mass is 298 g/mol. The fourth-order valence-electron chi connectivity index (χ4n) is 1.73. The number of thiocarbonyl (C=S) groups is 1. The van der Waals surface area contributed by atoms with Crippen molar-refractivity contribution in [3.05, 3.63) is 28.8 Å². The molecule has 6 heteroatoms. The Kier molecular flexibility index (Phi) is 4.27. The van der Waals surface area contributed by atoms with Crippen molar-refractivity contribution in [2.24, 2.45) is 5.73 Å². The summed E-state index contributed by atoms with van der Waals surface area (Å²) in [6.45, 7) is -0.0387. The van der Waals surface area contributed by atoms with Crippen molar-refractivity contribution in [3.63, 3.8) is 0 Å². The first kappa shape index (κ1) is 14.1. The van der Waals surface area contributed by atoms with E-state index >= 15 is 0 Å². The fourth-order valence-corrected chi connectivity index (χ4v) is 2.06. The molecule has 0 atom stereocenters. The molecule has 2 rings (SSSR count). The average Bonchev–Trinajstić information content (AvgIpc) is 3.18. The molecule has 0 aromatic heterocycles. The van der Waals surface area contributed by atoms with Gasteiger partial charge in [0.1, 0.15) is 10.7 Å². The van der Waals surface area contributed by atoms with Gasteiger partial charge in [0, 0.05) is 18.1 Å². The quantitative estimate of drug-likeness (QED) is 0.845. The van der Waals surface area contributed by atoms with Crippen LogP contribution in [0.15, 0.2) is 18.2 Å². The first-order chi connectivity index (χ1) is 8.99. The molecule has 19 heavy (non-hydrogen) atoms. The van der Waals surface area contributed by atoms with Crippen molar-refractivity contribution in [1.29, 1.82) is 0 Å². The summed E-state index contributed by atoms with van der Waals surface area (Å²) in [5.74, 6) is 0.383. The lowest BCUT2D eigenvalue weighted by Gasteiger charge is -2.17. The Morgan fingerprint density at radius 3 is 2.84 bits per heavy atom. The highest BCUT2D eigenvalue weighted by Crippen LogP contribution is 2.26. The van der Waals surface area contributed by atoms with Gasteiger partial charge in [0.2, 0.25) is 0 Å². The minimum absolute atomic E-state index is 0.0387. The predicted octanol–water partition coefficient (Wildman–Crippen LogP) is 1.97. The third kappa shape index (κ3) is 3.58. The van der Waals surface area contributed by atoms with E-state index < -0.39 is 0 Å². The Balaban J connectivity index is 2.03. The molecule has 1 aromatic carbocycles. The SMILES string of the molecule is CN(C(=O)COc1cc(Cl)ccc1C(N)=S)C1CC1. The number of halogens is 1. The number of ether oxygens (including phenoxy) is 1. The van der Waals surface area contributed by atoms with Crippen LogP contribution in [0.2, 0.25) is 5.02 Å². The van der Waals surface area contributed by atoms with Gasteiger partial charge in [-0.3, -0.25) is 4.79 Å². The molecule has 4 nitrogen and oxygen atoms in total. The first-order valence-electron chi connectivity index (χ1n) is 5.97. The van der Waals surface area contributed by atoms with E-state index in [2.05, 4.69) is 0 Å². The number of rotatable bonds is 5. The predicted molar refractivity (Wildman–Crippen MR) is 78.6 cm³/mol. The summed E-state index contributed by atoms with van der Waals surface area (Å²) in [7, 11) is 1.79. The minimum Gasteiger partial charge on any atom is -0.483 e. The van der Waals surface area contributed by atoms with E-state index in [1.165, 1.54) is 0 Å². The molecule has 102 valence electrons. The van der Waals surface area contributed by atoms with E-state index in [0.717, 1.165) is 12.8 Å². The molecule has 0 bridgehead atoms. The van der Waals surface area contributed by atoms with E-state index in [0.29, 0.717) is 22.4 Å². The fraction of sp³-hybridized carbons (Fsp3) is 0.385. The minimum atomic E-state index is -0.0589. The van der Waals surface area contributed by atoms with Crippen LogP contribution in [0.4, 0.5) is 0 Å². The largest absolute Gasteiger partial charge is 0.483 e. The Hall–Kier alpha value is -1.33. The van der Waals surface area contributed by atoms with Crippen LogP contribution in [0.25, 0.3) is 0 Å². The molecular formula is C13H15ClN2O2S. The smallest absolute Gasteiger partial charge is 0.260 e. The highest BCUT2D eigenvalue weighted by molar-refractivity contribution is 7.80. The zero-order chi connectivity index (χ0) is 14.0. The van der Waals surface area contributed by atoms with Gasteiger partial charge < -0.3 is 15.4 Å². The summed E-state index contributed by atoms with van der Waals surface area (Å²) in [6.07, 6.45) is 2.13. The average molecular weight is 299 g/mol. The van der Waals surface area contributed by atoms with Crippen molar-refractivity contribution in [1.82, 2.24) is 4.90 Å². The van der Waals surface area contributed by atoms with Gasteiger partial charge in [0.25, 0.3) is 5.91 Å². The second-order valence-electron chi connectivity index (χ2n) is 4.53. The number of nitrogens with two attached hydrogens (primary N) is 1. The third-order valence-corrected chi connectivity index (χ3v) is 3.50. The number of amides is 1. The standard InChI is InChI=1S/C13H15ClN2O2S/c1-16(9-3-4-9)12(17)7-18-11-6-8(14)2-5-10(11)13(15)19/h2,5-6,9H,3-4,7H2,1H3,(H2,15,19). The van der Waals surface area contributed by atoms with Gasteiger partial charge in [0.15, 0.2) is 6.61 Å². The molecule has 1 aliphatic carbocycles. The van der Waals surface area contributed by atoms with Crippen molar-refractivity contribution < 1.29 is 9.53 Å². The molecule has 2 N–H and O–H groups in total. The van der Waals surface area contributed by atoms with Crippen molar-refractivity contribution >= 4 is 34.7 Å². The highest BCUT2D eigenvalue weighted by Gasteiger charge is 2.29. The van der Waals surface area contributed by atoms with E-state index in [1.807, 2.05) is 0 Å². The molecule has 0 saturated heterocycles. The van der Waals surface area contributed by atoms with Gasteiger partial charge in [-0.2, -0.15) is 0 Å². The first-order valence-corrected chi connectivity index (χ1v) is 6.75. The number of nitrogens with zero attached hydrogens (tertiary/aromatic N) is 1. The summed E-state index contributed by atoms with van der Waals surface area (Å²) >= 11 is 10.8. The van der Waals surface area contributed by atoms with E-state index in [4.69, 9.17) is 34.3 Å². The molecule has 1 aromatic rings. The van der Waals surface area contributed by atoms with Gasteiger partial charge in [0.05, 0.1) is 5.56 Å². The van der Waals surface area contributed by atoms with Crippen LogP contribution in [-0.4, -0.2) is 35.5 Å². The van der Waals surface area contributed by atoms with Gasteiger partial charge >= 0.3 is 0 Å². The lowest BCUT2D eigenvalue weighted by Crippen LogP contribution is -2.33. The van der Waals surface area contributed by atoms with Crippen LogP contribution in [0.3, 0.4) is 0 Å². The number of carbonyl (C=O) groups is 1. The molecule has 0 spiro atoms. The molecule has 1 amide bonds. The summed E-state index contributed by atoms with van der Waals surface area (Å²) in [4.78, 5) is 13.8. The molecule has 0 radical (unpaired) electrons. The third-order valence-electron chi connectivity index (χ3n) is 3.05. The van der Waals surface area contributed by atoms with Crippen LogP contribution < -0.4 is 10.5 Å². The number of likely N-dealkylation sites (N-methyl/N-ethyl adjacent to an activating group) is 1. The Labute approximate surface area is 122 Å². The van der Waals surface area contributed by atoms with Crippen molar-refractivity contribution in [2.45, 2.75) is 18.9 Å². The number of hydrogen-bond donors (Lipinski definition) is 1. The lowest BCUT2D eigenvalue weighted by atomic mass is 10.2. The summed E-state index contributed by atoms with van der Waals surface area (Å²) in [6, 6.07) is 5.35. The van der Waals surface area contributed by atoms with Gasteiger partial charge in [-0.05, 0) is 31.0 Å². The van der Waals surface area contributed by atoms with Crippen LogP contribution in [0.1, 0.15) is 18.4 Å². The van der Waals surface area contributed by atoms with Crippen LogP contribution in [0.5, 0.6) is 5.75 Å². The molecule has 1 saturated carbocycles. The maximum atomic E-state index is 11.9. The summed E-state index contributed by atoms with van der Waals surface area (Å²) in [5.41, 5.74) is 6.19. The van der Waals surface area contributed by atoms with Gasteiger partial charge in [-0.25, -0.2) is 0 Å². The lowest BCUT2D eigenvalue weighted by molar-refractivity contribution is -0.132. The van der Waals surface area contributed by atoms with Crippen LogP contribution in [0, 0.1) is 0 Å². The Morgan fingerprint density at radius 2 is 2.26 bits per heavy atom. The highest BCUT2D eigenvalue weighted by atomic mass is 35.5. The van der Waals surface area contributed by atoms with E-state index in [9.17, 15) is 4.79 Å². The van der Waals surface area contributed by atoms with Crippen LogP contribution >= 0.6 is 23.8 Å². The number of benzene rings is 1. The molecule has 1 fully saturated rings. The van der Waals surface area contributed by atoms with Crippen molar-refractivity contribution in [2.75, 3.05) is 13.7 Å². The summed E-state index contributed by atoms with van der Waals surface area (Å²) < 4.78 is 5.50. The van der Waals surface area contributed by atoms with Gasteiger partial charge in [-0.15, -0.1) is 0 Å². The zero-order valence-corrected chi connectivity index (χ0v) is 12.1. The summed E-state index contributed by atoms with van der Waals surface area (Å²) in [5, 5.41) is 0.512. The Morgan fingerprint density at radius 1 is 1.58 bits per heavy atom. The zero-order valence-electron chi connectivity index (χ0n) is 10.6. The molecule has 0 aliphatic heterocycles. The van der Waals surface area contributed by atoms with Gasteiger partial charge in [-0.1, -0.05) is 23.8 Å².